The van der Waals surface area contributed by atoms with E-state index in [0.29, 0.717) is 0 Å². The molecule has 1 rings (SSSR count). The molecule has 1 unspecified atom stereocenters. The Hall–Kier alpha value is -1.66. The zero-order valence-corrected chi connectivity index (χ0v) is 12.0. The van der Waals surface area contributed by atoms with E-state index in [1.54, 1.807) is 20.8 Å². The fraction of sp³-hybridized carbons (Fsp3) is 0.385. The van der Waals surface area contributed by atoms with Crippen LogP contribution in [-0.4, -0.2) is 22.6 Å². The summed E-state index contributed by atoms with van der Waals surface area (Å²) in [5.41, 5.74) is 4.25. The van der Waals surface area contributed by atoms with E-state index in [-0.39, 0.29) is 11.1 Å². The Kier molecular flexibility index (Phi) is 4.73. The first-order valence-electron chi connectivity index (χ1n) is 5.73. The number of carbonyl (C=O) groups is 2. The van der Waals surface area contributed by atoms with Crippen molar-refractivity contribution in [3.05, 3.63) is 34.1 Å². The summed E-state index contributed by atoms with van der Waals surface area (Å²) in [6.07, 6.45) is 0. The van der Waals surface area contributed by atoms with E-state index >= 15 is 0 Å². The number of ether oxygens (including phenoxy) is 1. The van der Waals surface area contributed by atoms with Crippen LogP contribution in [0.4, 0.5) is 4.39 Å². The molecule has 0 fully saturated rings. The first-order valence-corrected chi connectivity index (χ1v) is 6.11. The van der Waals surface area contributed by atoms with Crippen LogP contribution in [0.25, 0.3) is 0 Å². The quantitative estimate of drug-likeness (QED) is 0.837. The molecule has 3 N–H and O–H groups in total. The first kappa shape index (κ1) is 16.4. The number of rotatable bonds is 3. The highest BCUT2D eigenvalue weighted by Gasteiger charge is 2.27. The second-order valence-corrected chi connectivity index (χ2v) is 5.58. The van der Waals surface area contributed by atoms with E-state index in [0.717, 1.165) is 12.1 Å². The number of nitrogens with two attached hydrogens (primary N) is 1. The molecule has 1 aromatic carbocycles. The summed E-state index contributed by atoms with van der Waals surface area (Å²) in [7, 11) is 0. The van der Waals surface area contributed by atoms with Crippen LogP contribution >= 0.6 is 11.6 Å². The summed E-state index contributed by atoms with van der Waals surface area (Å²) in [5, 5.41) is 8.48. The molecular formula is C13H15ClFNO4. The number of hydrogen-bond donors (Lipinski definition) is 2. The van der Waals surface area contributed by atoms with E-state index in [2.05, 4.69) is 0 Å². The molecule has 7 heteroatoms. The van der Waals surface area contributed by atoms with Crippen LogP contribution in [0.3, 0.4) is 0 Å². The lowest BCUT2D eigenvalue weighted by Gasteiger charge is -2.22. The maximum absolute atomic E-state index is 13.9. The van der Waals surface area contributed by atoms with Gasteiger partial charge in [0.1, 0.15) is 17.5 Å². The van der Waals surface area contributed by atoms with Gasteiger partial charge in [-0.15, -0.1) is 0 Å². The molecule has 1 aromatic rings. The van der Waals surface area contributed by atoms with Gasteiger partial charge < -0.3 is 15.6 Å². The second kappa shape index (κ2) is 5.76. The van der Waals surface area contributed by atoms with Gasteiger partial charge in [-0.2, -0.15) is 0 Å². The Balaban J connectivity index is 3.18. The van der Waals surface area contributed by atoms with Crippen LogP contribution in [0.2, 0.25) is 5.02 Å². The minimum Gasteiger partial charge on any atom is -0.478 e. The van der Waals surface area contributed by atoms with Crippen molar-refractivity contribution in [1.82, 2.24) is 0 Å². The van der Waals surface area contributed by atoms with Crippen LogP contribution in [0.1, 0.15) is 42.7 Å². The number of esters is 1. The molecule has 0 radical (unpaired) electrons. The van der Waals surface area contributed by atoms with Gasteiger partial charge in [-0.3, -0.25) is 0 Å². The summed E-state index contributed by atoms with van der Waals surface area (Å²) in [4.78, 5) is 22.7. The molecular weight excluding hydrogens is 289 g/mol. The van der Waals surface area contributed by atoms with Crippen molar-refractivity contribution in [2.24, 2.45) is 5.73 Å². The maximum Gasteiger partial charge on any atom is 0.335 e. The van der Waals surface area contributed by atoms with Crippen molar-refractivity contribution in [3.8, 4) is 0 Å². The standard InChI is InChI=1S/C13H15ClFNO4/c1-13(2,3)20-12(19)10(16)7-4-6(11(17)18)5-8(14)9(7)15/h4-5,10H,16H2,1-3H3,(H,17,18). The monoisotopic (exact) mass is 303 g/mol. The van der Waals surface area contributed by atoms with Crippen molar-refractivity contribution in [2.75, 3.05) is 0 Å². The highest BCUT2D eigenvalue weighted by atomic mass is 35.5. The van der Waals surface area contributed by atoms with Crippen LogP contribution in [0, 0.1) is 5.82 Å². The predicted molar refractivity (Wildman–Crippen MR) is 71.1 cm³/mol. The lowest BCUT2D eigenvalue weighted by Crippen LogP contribution is -2.32. The van der Waals surface area contributed by atoms with E-state index in [4.69, 9.17) is 27.2 Å². The summed E-state index contributed by atoms with van der Waals surface area (Å²) >= 11 is 5.60. The highest BCUT2D eigenvalue weighted by Crippen LogP contribution is 2.26. The molecule has 0 aliphatic rings. The van der Waals surface area contributed by atoms with E-state index in [1.165, 1.54) is 0 Å². The molecule has 110 valence electrons. The number of carboxylic acids is 1. The highest BCUT2D eigenvalue weighted by molar-refractivity contribution is 6.31. The number of carbonyl (C=O) groups excluding carboxylic acids is 1. The van der Waals surface area contributed by atoms with Crippen LogP contribution < -0.4 is 5.73 Å². The number of carboxylic acid groups (broad SMARTS) is 1. The first-order chi connectivity index (χ1) is 9.03. The minimum absolute atomic E-state index is 0.259. The van der Waals surface area contributed by atoms with Crippen molar-refractivity contribution >= 4 is 23.5 Å². The summed E-state index contributed by atoms with van der Waals surface area (Å²) in [6.45, 7) is 4.90. The van der Waals surface area contributed by atoms with Gasteiger partial charge in [0.2, 0.25) is 0 Å². The predicted octanol–water partition coefficient (Wildman–Crippen LogP) is 2.52. The zero-order chi connectivity index (χ0) is 15.7. The average Bonchev–Trinajstić information content (AvgIpc) is 2.29. The smallest absolute Gasteiger partial charge is 0.335 e. The van der Waals surface area contributed by atoms with Crippen molar-refractivity contribution in [1.29, 1.82) is 0 Å². The third-order valence-corrected chi connectivity index (χ3v) is 2.57. The molecule has 0 spiro atoms. The number of benzene rings is 1. The van der Waals surface area contributed by atoms with Crippen molar-refractivity contribution in [3.63, 3.8) is 0 Å². The normalized spacial score (nSPS) is 12.9. The Labute approximate surface area is 120 Å². The second-order valence-electron chi connectivity index (χ2n) is 5.18. The van der Waals surface area contributed by atoms with Crippen molar-refractivity contribution < 1.29 is 23.8 Å². The Morgan fingerprint density at radius 1 is 1.40 bits per heavy atom. The molecule has 0 aliphatic carbocycles. The number of halogens is 2. The molecule has 0 aliphatic heterocycles. The lowest BCUT2D eigenvalue weighted by atomic mass is 10.0. The average molecular weight is 304 g/mol. The topological polar surface area (TPSA) is 89.6 Å². The van der Waals surface area contributed by atoms with E-state index in [9.17, 15) is 14.0 Å². The van der Waals surface area contributed by atoms with Gasteiger partial charge >= 0.3 is 11.9 Å². The van der Waals surface area contributed by atoms with Gasteiger partial charge in [-0.25, -0.2) is 14.0 Å². The third kappa shape index (κ3) is 3.91. The van der Waals surface area contributed by atoms with Gasteiger partial charge in [0.05, 0.1) is 10.6 Å². The number of hydrogen-bond acceptors (Lipinski definition) is 4. The number of aromatic carboxylic acids is 1. The SMILES string of the molecule is CC(C)(C)OC(=O)C(N)c1cc(C(=O)O)cc(Cl)c1F. The molecule has 0 bridgehead atoms. The largest absolute Gasteiger partial charge is 0.478 e. The van der Waals surface area contributed by atoms with Crippen LogP contribution in [0.5, 0.6) is 0 Å². The van der Waals surface area contributed by atoms with Gasteiger partial charge in [-0.05, 0) is 32.9 Å². The minimum atomic E-state index is -1.45. The lowest BCUT2D eigenvalue weighted by molar-refractivity contribution is -0.156. The molecule has 0 heterocycles. The molecule has 0 amide bonds. The summed E-state index contributed by atoms with van der Waals surface area (Å²) in [5.74, 6) is -3.10. The van der Waals surface area contributed by atoms with Gasteiger partial charge in [0.25, 0.3) is 0 Å². The third-order valence-electron chi connectivity index (χ3n) is 2.30. The molecule has 0 saturated carbocycles. The fourth-order valence-corrected chi connectivity index (χ4v) is 1.68. The Morgan fingerprint density at radius 2 is 1.95 bits per heavy atom. The van der Waals surface area contributed by atoms with Gasteiger partial charge in [0.15, 0.2) is 0 Å². The van der Waals surface area contributed by atoms with Crippen molar-refractivity contribution in [2.45, 2.75) is 32.4 Å². The molecule has 20 heavy (non-hydrogen) atoms. The van der Waals surface area contributed by atoms with Crippen LogP contribution in [0.15, 0.2) is 12.1 Å². The fourth-order valence-electron chi connectivity index (χ4n) is 1.45. The molecule has 1 atom stereocenters. The van der Waals surface area contributed by atoms with E-state index < -0.39 is 34.4 Å². The van der Waals surface area contributed by atoms with Gasteiger partial charge in [-0.1, -0.05) is 11.6 Å². The van der Waals surface area contributed by atoms with Gasteiger partial charge in [0, 0.05) is 5.56 Å². The molecule has 0 aromatic heterocycles. The summed E-state index contributed by atoms with van der Waals surface area (Å²) < 4.78 is 18.9. The summed E-state index contributed by atoms with van der Waals surface area (Å²) in [6, 6.07) is 0.467. The van der Waals surface area contributed by atoms with Crippen LogP contribution in [-0.2, 0) is 9.53 Å². The molecule has 0 saturated heterocycles. The Morgan fingerprint density at radius 3 is 2.40 bits per heavy atom. The maximum atomic E-state index is 13.9. The molecule has 5 nitrogen and oxygen atoms in total. The van der Waals surface area contributed by atoms with E-state index in [1.807, 2.05) is 0 Å². The Bertz CT molecular complexity index is 554. The zero-order valence-electron chi connectivity index (χ0n) is 11.2.